The number of aromatic nitrogens is 3. The summed E-state index contributed by atoms with van der Waals surface area (Å²) in [6, 6.07) is 13.1. The zero-order valence-corrected chi connectivity index (χ0v) is 17.5. The second kappa shape index (κ2) is 9.11. The van der Waals surface area contributed by atoms with E-state index >= 15 is 0 Å². The molecule has 0 unspecified atom stereocenters. The van der Waals surface area contributed by atoms with Crippen LogP contribution in [0.4, 0.5) is 5.69 Å². The molecule has 1 heterocycles. The number of nitrogens with one attached hydrogen (secondary N) is 1. The second-order valence-electron chi connectivity index (χ2n) is 6.52. The topological polar surface area (TPSA) is 103 Å². The van der Waals surface area contributed by atoms with Gasteiger partial charge in [0.25, 0.3) is 5.56 Å². The number of nitrogen functional groups attached to an aromatic ring is 1. The molecule has 0 radical (unpaired) electrons. The molecule has 29 heavy (non-hydrogen) atoms. The average Bonchev–Trinajstić information content (AvgIpc) is 2.70. The summed E-state index contributed by atoms with van der Waals surface area (Å²) in [4.78, 5) is 24.7. The van der Waals surface area contributed by atoms with Crippen LogP contribution in [0.25, 0.3) is 0 Å². The van der Waals surface area contributed by atoms with Gasteiger partial charge in [0.2, 0.25) is 11.1 Å². The van der Waals surface area contributed by atoms with Crippen LogP contribution in [0.3, 0.4) is 0 Å². The smallest absolute Gasteiger partial charge is 0.294 e. The lowest BCUT2D eigenvalue weighted by Crippen LogP contribution is -2.34. The van der Waals surface area contributed by atoms with Gasteiger partial charge in [0, 0.05) is 17.1 Å². The zero-order valence-electron chi connectivity index (χ0n) is 16.0. The van der Waals surface area contributed by atoms with E-state index in [0.29, 0.717) is 17.1 Å². The van der Waals surface area contributed by atoms with Crippen molar-refractivity contribution in [3.63, 3.8) is 0 Å². The van der Waals surface area contributed by atoms with E-state index in [9.17, 15) is 9.59 Å². The van der Waals surface area contributed by atoms with Crippen LogP contribution in [0.2, 0.25) is 5.02 Å². The lowest BCUT2D eigenvalue weighted by Gasteiger charge is -2.10. The molecule has 0 atom stereocenters. The number of rotatable bonds is 6. The molecule has 150 valence electrons. The number of hydrogen-bond donors (Lipinski definition) is 2. The van der Waals surface area contributed by atoms with Crippen LogP contribution in [-0.4, -0.2) is 26.5 Å². The van der Waals surface area contributed by atoms with Crippen LogP contribution in [0, 0.1) is 13.8 Å². The molecule has 7 nitrogen and oxygen atoms in total. The number of carbonyl (C=O) groups is 1. The predicted octanol–water partition coefficient (Wildman–Crippen LogP) is 2.94. The van der Waals surface area contributed by atoms with E-state index in [1.54, 1.807) is 18.2 Å². The summed E-state index contributed by atoms with van der Waals surface area (Å²) in [5.41, 5.74) is 3.30. The number of aryl methyl sites for hydroxylation is 1. The van der Waals surface area contributed by atoms with Gasteiger partial charge in [-0.3, -0.25) is 9.59 Å². The Morgan fingerprint density at radius 2 is 1.90 bits per heavy atom. The highest BCUT2D eigenvalue weighted by Crippen LogP contribution is 2.23. The minimum absolute atomic E-state index is 0.0224. The number of nitrogens with two attached hydrogens (primary N) is 1. The maximum atomic E-state index is 12.5. The van der Waals surface area contributed by atoms with E-state index in [-0.39, 0.29) is 22.5 Å². The van der Waals surface area contributed by atoms with Crippen LogP contribution in [-0.2, 0) is 11.2 Å². The number of hydrogen-bond acceptors (Lipinski definition) is 6. The lowest BCUT2D eigenvalue weighted by atomic mass is 10.1. The van der Waals surface area contributed by atoms with Crippen molar-refractivity contribution >= 4 is 35.0 Å². The summed E-state index contributed by atoms with van der Waals surface area (Å²) in [6.07, 6.45) is 0.336. The Kier molecular flexibility index (Phi) is 6.56. The molecule has 3 N–H and O–H groups in total. The summed E-state index contributed by atoms with van der Waals surface area (Å²) in [5.74, 6) is 5.63. The number of thioether (sulfide) groups is 1. The van der Waals surface area contributed by atoms with Crippen LogP contribution in [0.1, 0.15) is 22.4 Å². The molecule has 0 saturated carbocycles. The SMILES string of the molecule is Cc1ccc(Cc2nnc(SCC(=O)Nc3cccc(Cl)c3C)n(N)c2=O)cc1. The van der Waals surface area contributed by atoms with Gasteiger partial charge in [-0.1, -0.05) is 59.3 Å². The van der Waals surface area contributed by atoms with Crippen LogP contribution in [0.15, 0.2) is 52.4 Å². The van der Waals surface area contributed by atoms with Crippen molar-refractivity contribution in [1.82, 2.24) is 14.9 Å². The van der Waals surface area contributed by atoms with E-state index in [2.05, 4.69) is 15.5 Å². The number of anilines is 1. The fourth-order valence-corrected chi connectivity index (χ4v) is 3.42. The van der Waals surface area contributed by atoms with Gasteiger partial charge >= 0.3 is 0 Å². The summed E-state index contributed by atoms with van der Waals surface area (Å²) >= 11 is 7.09. The number of amides is 1. The first-order valence-corrected chi connectivity index (χ1v) is 10.2. The summed E-state index contributed by atoms with van der Waals surface area (Å²) in [6.45, 7) is 3.81. The Bertz CT molecular complexity index is 1100. The molecule has 1 aromatic heterocycles. The highest BCUT2D eigenvalue weighted by Gasteiger charge is 2.14. The van der Waals surface area contributed by atoms with Gasteiger partial charge < -0.3 is 11.2 Å². The third-order valence-electron chi connectivity index (χ3n) is 4.29. The molecule has 0 aliphatic heterocycles. The normalized spacial score (nSPS) is 10.7. The Hall–Kier alpha value is -2.84. The predicted molar refractivity (Wildman–Crippen MR) is 116 cm³/mol. The second-order valence-corrected chi connectivity index (χ2v) is 7.87. The summed E-state index contributed by atoms with van der Waals surface area (Å²) in [5, 5.41) is 11.5. The largest absolute Gasteiger partial charge is 0.334 e. The Labute approximate surface area is 177 Å². The minimum atomic E-state index is -0.436. The molecule has 3 aromatic rings. The first-order chi connectivity index (χ1) is 13.8. The molecule has 0 saturated heterocycles. The van der Waals surface area contributed by atoms with Crippen molar-refractivity contribution in [2.24, 2.45) is 0 Å². The Morgan fingerprint density at radius 3 is 2.62 bits per heavy atom. The van der Waals surface area contributed by atoms with Gasteiger partial charge in [0.05, 0.1) is 5.75 Å². The average molecular weight is 430 g/mol. The van der Waals surface area contributed by atoms with E-state index in [1.807, 2.05) is 38.1 Å². The Morgan fingerprint density at radius 1 is 1.17 bits per heavy atom. The summed E-state index contributed by atoms with van der Waals surface area (Å²) in [7, 11) is 0. The van der Waals surface area contributed by atoms with Gasteiger partial charge in [0.1, 0.15) is 5.69 Å². The first-order valence-electron chi connectivity index (χ1n) is 8.82. The van der Waals surface area contributed by atoms with E-state index in [0.717, 1.165) is 33.1 Å². The molecule has 0 bridgehead atoms. The fourth-order valence-electron chi connectivity index (χ4n) is 2.59. The molecule has 2 aromatic carbocycles. The quantitative estimate of drug-likeness (QED) is 0.461. The third-order valence-corrected chi connectivity index (χ3v) is 5.65. The van der Waals surface area contributed by atoms with Gasteiger partial charge in [-0.2, -0.15) is 4.68 Å². The number of halogens is 1. The van der Waals surface area contributed by atoms with Gasteiger partial charge in [-0.05, 0) is 37.1 Å². The van der Waals surface area contributed by atoms with Crippen molar-refractivity contribution in [3.05, 3.63) is 80.2 Å². The van der Waals surface area contributed by atoms with Crippen molar-refractivity contribution < 1.29 is 4.79 Å². The molecule has 0 aliphatic carbocycles. The molecule has 9 heteroatoms. The van der Waals surface area contributed by atoms with Crippen molar-refractivity contribution in [1.29, 1.82) is 0 Å². The van der Waals surface area contributed by atoms with Crippen molar-refractivity contribution in [2.45, 2.75) is 25.4 Å². The van der Waals surface area contributed by atoms with Crippen LogP contribution < -0.4 is 16.7 Å². The minimum Gasteiger partial charge on any atom is -0.334 e. The fraction of sp³-hybridized carbons (Fsp3) is 0.200. The van der Waals surface area contributed by atoms with Crippen LogP contribution in [0.5, 0.6) is 0 Å². The lowest BCUT2D eigenvalue weighted by molar-refractivity contribution is -0.113. The summed E-state index contributed by atoms with van der Waals surface area (Å²) < 4.78 is 0.930. The Balaban J connectivity index is 1.66. The molecule has 0 aliphatic rings. The zero-order chi connectivity index (χ0) is 21.0. The number of carbonyl (C=O) groups excluding carboxylic acids is 1. The van der Waals surface area contributed by atoms with Gasteiger partial charge in [0.15, 0.2) is 0 Å². The van der Waals surface area contributed by atoms with E-state index in [4.69, 9.17) is 17.4 Å². The first kappa shape index (κ1) is 20.9. The van der Waals surface area contributed by atoms with E-state index < -0.39 is 5.56 Å². The third kappa shape index (κ3) is 5.16. The maximum absolute atomic E-state index is 12.5. The van der Waals surface area contributed by atoms with Gasteiger partial charge in [-0.15, -0.1) is 10.2 Å². The molecular formula is C20H20ClN5O2S. The molecule has 0 fully saturated rings. The van der Waals surface area contributed by atoms with Crippen molar-refractivity contribution in [3.8, 4) is 0 Å². The molecule has 3 rings (SSSR count). The number of nitrogens with zero attached hydrogens (tertiary/aromatic N) is 3. The van der Waals surface area contributed by atoms with Crippen LogP contribution >= 0.6 is 23.4 Å². The highest BCUT2D eigenvalue weighted by atomic mass is 35.5. The molecule has 0 spiro atoms. The standard InChI is InChI=1S/C20H20ClN5O2S/c1-12-6-8-14(9-7-12)10-17-19(28)26(22)20(25-24-17)29-11-18(27)23-16-5-3-4-15(21)13(16)2/h3-9H,10-11,22H2,1-2H3,(H,23,27). The monoisotopic (exact) mass is 429 g/mol. The van der Waals surface area contributed by atoms with Gasteiger partial charge in [-0.25, -0.2) is 0 Å². The highest BCUT2D eigenvalue weighted by molar-refractivity contribution is 7.99. The van der Waals surface area contributed by atoms with E-state index in [1.165, 1.54) is 0 Å². The van der Waals surface area contributed by atoms with Crippen molar-refractivity contribution in [2.75, 3.05) is 16.9 Å². The number of benzene rings is 2. The maximum Gasteiger partial charge on any atom is 0.294 e. The molecule has 1 amide bonds. The molecular weight excluding hydrogens is 410 g/mol.